The van der Waals surface area contributed by atoms with E-state index in [2.05, 4.69) is 16.0 Å². The molecule has 0 spiro atoms. The normalized spacial score (nSPS) is 10.5. The van der Waals surface area contributed by atoms with Crippen LogP contribution in [0, 0.1) is 6.92 Å². The molecule has 144 valence electrons. The SMILES string of the molecule is CC(=O)N(C)CCCc1cncc(Oc2ccc(-c3ccc(C)cn3)cc2)c1. The molecule has 0 aliphatic heterocycles. The van der Waals surface area contributed by atoms with Gasteiger partial charge in [-0.3, -0.25) is 14.8 Å². The number of pyridine rings is 2. The Bertz CT molecular complexity index is 921. The van der Waals surface area contributed by atoms with Gasteiger partial charge < -0.3 is 9.64 Å². The van der Waals surface area contributed by atoms with Crippen molar-refractivity contribution in [3.8, 4) is 22.8 Å². The van der Waals surface area contributed by atoms with Crippen molar-refractivity contribution in [1.82, 2.24) is 14.9 Å². The van der Waals surface area contributed by atoms with Gasteiger partial charge in [0, 0.05) is 38.5 Å². The molecule has 1 amide bonds. The van der Waals surface area contributed by atoms with E-state index < -0.39 is 0 Å². The van der Waals surface area contributed by atoms with Gasteiger partial charge in [-0.05, 0) is 67.3 Å². The number of benzene rings is 1. The Morgan fingerprint density at radius 1 is 1.04 bits per heavy atom. The van der Waals surface area contributed by atoms with E-state index in [0.717, 1.165) is 47.5 Å². The lowest BCUT2D eigenvalue weighted by molar-refractivity contribution is -0.127. The van der Waals surface area contributed by atoms with Crippen LogP contribution in [0.1, 0.15) is 24.5 Å². The van der Waals surface area contributed by atoms with Crippen LogP contribution in [0.15, 0.2) is 61.1 Å². The zero-order valence-electron chi connectivity index (χ0n) is 16.6. The number of carbonyl (C=O) groups is 1. The highest BCUT2D eigenvalue weighted by molar-refractivity contribution is 5.72. The summed E-state index contributed by atoms with van der Waals surface area (Å²) in [5.41, 5.74) is 4.23. The molecular formula is C23H25N3O2. The van der Waals surface area contributed by atoms with Crippen LogP contribution in [0.4, 0.5) is 0 Å². The Morgan fingerprint density at radius 2 is 1.82 bits per heavy atom. The van der Waals surface area contributed by atoms with Gasteiger partial charge in [-0.15, -0.1) is 0 Å². The molecule has 2 aromatic heterocycles. The lowest BCUT2D eigenvalue weighted by Crippen LogP contribution is -2.25. The molecule has 2 heterocycles. The average Bonchev–Trinajstić information content (AvgIpc) is 2.69. The van der Waals surface area contributed by atoms with Crippen LogP contribution in [-0.4, -0.2) is 34.4 Å². The van der Waals surface area contributed by atoms with Crippen LogP contribution in [0.5, 0.6) is 11.5 Å². The summed E-state index contributed by atoms with van der Waals surface area (Å²) >= 11 is 0. The van der Waals surface area contributed by atoms with E-state index in [1.54, 1.807) is 18.0 Å². The van der Waals surface area contributed by atoms with Gasteiger partial charge in [0.2, 0.25) is 5.91 Å². The molecule has 0 aliphatic carbocycles. The monoisotopic (exact) mass is 375 g/mol. The first kappa shape index (κ1) is 19.5. The molecule has 0 fully saturated rings. The summed E-state index contributed by atoms with van der Waals surface area (Å²) in [6.07, 6.45) is 7.15. The predicted molar refractivity (Wildman–Crippen MR) is 110 cm³/mol. The molecule has 0 atom stereocenters. The maximum atomic E-state index is 11.3. The largest absolute Gasteiger partial charge is 0.456 e. The molecule has 3 aromatic rings. The average molecular weight is 375 g/mol. The van der Waals surface area contributed by atoms with E-state index in [1.165, 1.54) is 0 Å². The van der Waals surface area contributed by atoms with E-state index in [9.17, 15) is 4.79 Å². The standard InChI is InChI=1S/C23H25N3O2/c1-17-6-11-23(25-14-17)20-7-9-21(10-8-20)28-22-13-19(15-24-16-22)5-4-12-26(3)18(2)27/h6-11,13-16H,4-5,12H2,1-3H3. The van der Waals surface area contributed by atoms with E-state index >= 15 is 0 Å². The minimum atomic E-state index is 0.0829. The van der Waals surface area contributed by atoms with Gasteiger partial charge in [-0.2, -0.15) is 0 Å². The summed E-state index contributed by atoms with van der Waals surface area (Å²) in [5, 5.41) is 0. The zero-order chi connectivity index (χ0) is 19.9. The summed E-state index contributed by atoms with van der Waals surface area (Å²) in [4.78, 5) is 21.7. The van der Waals surface area contributed by atoms with Crippen LogP contribution in [0.2, 0.25) is 0 Å². The highest BCUT2D eigenvalue weighted by Gasteiger charge is 2.05. The molecule has 0 saturated carbocycles. The van der Waals surface area contributed by atoms with Gasteiger partial charge in [0.1, 0.15) is 11.5 Å². The number of ether oxygens (including phenoxy) is 1. The maximum Gasteiger partial charge on any atom is 0.219 e. The van der Waals surface area contributed by atoms with Crippen molar-refractivity contribution < 1.29 is 9.53 Å². The summed E-state index contributed by atoms with van der Waals surface area (Å²) in [7, 11) is 1.82. The molecule has 5 nitrogen and oxygen atoms in total. The topological polar surface area (TPSA) is 55.3 Å². The highest BCUT2D eigenvalue weighted by Crippen LogP contribution is 2.25. The second-order valence-electron chi connectivity index (χ2n) is 6.92. The fraction of sp³-hybridized carbons (Fsp3) is 0.261. The van der Waals surface area contributed by atoms with E-state index in [0.29, 0.717) is 5.75 Å². The summed E-state index contributed by atoms with van der Waals surface area (Å²) < 4.78 is 5.95. The van der Waals surface area contributed by atoms with E-state index in [4.69, 9.17) is 4.74 Å². The van der Waals surface area contributed by atoms with Gasteiger partial charge in [0.05, 0.1) is 11.9 Å². The highest BCUT2D eigenvalue weighted by atomic mass is 16.5. The fourth-order valence-corrected chi connectivity index (χ4v) is 2.80. The van der Waals surface area contributed by atoms with Crippen LogP contribution < -0.4 is 4.74 Å². The van der Waals surface area contributed by atoms with Crippen molar-refractivity contribution in [3.63, 3.8) is 0 Å². The van der Waals surface area contributed by atoms with Crippen LogP contribution in [0.25, 0.3) is 11.3 Å². The van der Waals surface area contributed by atoms with Gasteiger partial charge in [0.15, 0.2) is 0 Å². The lowest BCUT2D eigenvalue weighted by Gasteiger charge is -2.14. The molecular weight excluding hydrogens is 350 g/mol. The van der Waals surface area contributed by atoms with Crippen molar-refractivity contribution in [2.24, 2.45) is 0 Å². The molecule has 0 aliphatic rings. The molecule has 3 rings (SSSR count). The number of rotatable bonds is 7. The Labute approximate surface area is 166 Å². The Morgan fingerprint density at radius 3 is 2.50 bits per heavy atom. The first-order valence-corrected chi connectivity index (χ1v) is 9.38. The van der Waals surface area contributed by atoms with E-state index in [-0.39, 0.29) is 5.91 Å². The molecule has 5 heteroatoms. The Hall–Kier alpha value is -3.21. The van der Waals surface area contributed by atoms with Crippen LogP contribution in [-0.2, 0) is 11.2 Å². The number of aryl methyl sites for hydroxylation is 2. The van der Waals surface area contributed by atoms with Crippen molar-refractivity contribution in [3.05, 3.63) is 72.2 Å². The minimum absolute atomic E-state index is 0.0829. The summed E-state index contributed by atoms with van der Waals surface area (Å²) in [6, 6.07) is 13.9. The summed E-state index contributed by atoms with van der Waals surface area (Å²) in [6.45, 7) is 4.34. The maximum absolute atomic E-state index is 11.3. The molecule has 0 saturated heterocycles. The molecule has 0 radical (unpaired) electrons. The number of hydrogen-bond acceptors (Lipinski definition) is 4. The number of carbonyl (C=O) groups excluding carboxylic acids is 1. The number of nitrogens with zero attached hydrogens (tertiary/aromatic N) is 3. The molecule has 28 heavy (non-hydrogen) atoms. The fourth-order valence-electron chi connectivity index (χ4n) is 2.80. The predicted octanol–water partition coefficient (Wildman–Crippen LogP) is 4.66. The van der Waals surface area contributed by atoms with E-state index in [1.807, 2.05) is 62.8 Å². The van der Waals surface area contributed by atoms with Crippen LogP contribution in [0.3, 0.4) is 0 Å². The second-order valence-corrected chi connectivity index (χ2v) is 6.92. The lowest BCUT2D eigenvalue weighted by atomic mass is 10.1. The van der Waals surface area contributed by atoms with Gasteiger partial charge in [0.25, 0.3) is 0 Å². The van der Waals surface area contributed by atoms with Gasteiger partial charge >= 0.3 is 0 Å². The third kappa shape index (κ3) is 5.39. The summed E-state index contributed by atoms with van der Waals surface area (Å²) in [5.74, 6) is 1.55. The molecule has 0 N–H and O–H groups in total. The first-order chi connectivity index (χ1) is 13.5. The van der Waals surface area contributed by atoms with Crippen molar-refractivity contribution in [2.75, 3.05) is 13.6 Å². The van der Waals surface area contributed by atoms with Crippen molar-refractivity contribution in [1.29, 1.82) is 0 Å². The minimum Gasteiger partial charge on any atom is -0.456 e. The zero-order valence-corrected chi connectivity index (χ0v) is 16.6. The molecule has 0 unspecified atom stereocenters. The van der Waals surface area contributed by atoms with Crippen molar-refractivity contribution in [2.45, 2.75) is 26.7 Å². The molecule has 0 bridgehead atoms. The van der Waals surface area contributed by atoms with Gasteiger partial charge in [-0.25, -0.2) is 0 Å². The first-order valence-electron chi connectivity index (χ1n) is 9.38. The van der Waals surface area contributed by atoms with Gasteiger partial charge in [-0.1, -0.05) is 6.07 Å². The molecule has 1 aromatic carbocycles. The smallest absolute Gasteiger partial charge is 0.219 e. The number of aromatic nitrogens is 2. The second kappa shape index (κ2) is 9.13. The van der Waals surface area contributed by atoms with Crippen molar-refractivity contribution >= 4 is 5.91 Å². The number of hydrogen-bond donors (Lipinski definition) is 0. The Balaban J connectivity index is 1.60. The third-order valence-electron chi connectivity index (χ3n) is 4.56. The third-order valence-corrected chi connectivity index (χ3v) is 4.56. The Kier molecular flexibility index (Phi) is 6.37. The number of amides is 1. The van der Waals surface area contributed by atoms with Crippen LogP contribution >= 0.6 is 0 Å². The quantitative estimate of drug-likeness (QED) is 0.603.